The second-order valence-electron chi connectivity index (χ2n) is 10.0. The molecule has 1 aromatic carbocycles. The number of thioether (sulfide) groups is 1. The minimum atomic E-state index is -4.90. The number of ether oxygens (including phenoxy) is 1. The molecule has 0 saturated carbocycles. The number of fused-ring (bicyclic) bond motifs is 1. The van der Waals surface area contributed by atoms with E-state index in [0.717, 1.165) is 23.0 Å². The Balaban J connectivity index is 1.67. The standard InChI is InChI=1S/C29H31F3N4O3S/c1-17(2)19-8-10-20(11-9-19)25-24(27(38)39-18(3)4)26(29(30,31)32)35-28-36(25)22(16-40-28)15-23(37)34-14-12-21-7-5-6-13-33-21/h5-11,13,16-18,25H,12,14-15H2,1-4H3,(H,34,37). The number of allylic oxidation sites excluding steroid dienone is 1. The Labute approximate surface area is 235 Å². The second kappa shape index (κ2) is 12.3. The van der Waals surface area contributed by atoms with Gasteiger partial charge in [-0.3, -0.25) is 9.78 Å². The van der Waals surface area contributed by atoms with Crippen molar-refractivity contribution in [3.8, 4) is 0 Å². The summed E-state index contributed by atoms with van der Waals surface area (Å²) in [5.41, 5.74) is 0.826. The molecule has 2 aromatic rings. The molecule has 1 unspecified atom stereocenters. The lowest BCUT2D eigenvalue weighted by Gasteiger charge is -2.37. The molecule has 1 atom stereocenters. The number of aliphatic imine (C=N–C) groups is 1. The Kier molecular flexibility index (Phi) is 9.02. The molecule has 2 aliphatic rings. The Hall–Kier alpha value is -3.60. The topological polar surface area (TPSA) is 83.9 Å². The Morgan fingerprint density at radius 3 is 2.42 bits per heavy atom. The van der Waals surface area contributed by atoms with Gasteiger partial charge < -0.3 is 15.0 Å². The highest BCUT2D eigenvalue weighted by molar-refractivity contribution is 8.16. The molecule has 7 nitrogen and oxygen atoms in total. The molecule has 2 aliphatic heterocycles. The van der Waals surface area contributed by atoms with Gasteiger partial charge in [-0.1, -0.05) is 55.9 Å². The molecule has 3 heterocycles. The van der Waals surface area contributed by atoms with Crippen LogP contribution >= 0.6 is 11.8 Å². The fourth-order valence-electron chi connectivity index (χ4n) is 4.44. The molecule has 0 radical (unpaired) electrons. The first-order valence-electron chi connectivity index (χ1n) is 13.0. The van der Waals surface area contributed by atoms with E-state index in [1.165, 1.54) is 0 Å². The molecular formula is C29H31F3N4O3S. The molecule has 0 fully saturated rings. The number of nitrogens with zero attached hydrogens (tertiary/aromatic N) is 3. The summed E-state index contributed by atoms with van der Waals surface area (Å²) in [4.78, 5) is 35.8. The van der Waals surface area contributed by atoms with Crippen LogP contribution in [-0.2, 0) is 20.7 Å². The number of amides is 1. The van der Waals surface area contributed by atoms with Crippen molar-refractivity contribution in [1.29, 1.82) is 0 Å². The predicted molar refractivity (Wildman–Crippen MR) is 148 cm³/mol. The van der Waals surface area contributed by atoms with Crippen LogP contribution in [0.25, 0.3) is 0 Å². The van der Waals surface area contributed by atoms with Crippen LogP contribution in [0.3, 0.4) is 0 Å². The molecule has 0 spiro atoms. The average molecular weight is 573 g/mol. The molecular weight excluding hydrogens is 541 g/mol. The van der Waals surface area contributed by atoms with Crippen LogP contribution in [-0.4, -0.2) is 45.8 Å². The van der Waals surface area contributed by atoms with Crippen molar-refractivity contribution < 1.29 is 27.5 Å². The summed E-state index contributed by atoms with van der Waals surface area (Å²) in [6, 6.07) is 11.4. The van der Waals surface area contributed by atoms with Crippen molar-refractivity contribution >= 4 is 28.8 Å². The highest BCUT2D eigenvalue weighted by atomic mass is 32.2. The van der Waals surface area contributed by atoms with Crippen molar-refractivity contribution in [2.24, 2.45) is 4.99 Å². The van der Waals surface area contributed by atoms with Gasteiger partial charge in [0.2, 0.25) is 5.91 Å². The van der Waals surface area contributed by atoms with Gasteiger partial charge in [0.05, 0.1) is 24.1 Å². The van der Waals surface area contributed by atoms with Gasteiger partial charge >= 0.3 is 12.1 Å². The van der Waals surface area contributed by atoms with Gasteiger partial charge in [-0.2, -0.15) is 13.2 Å². The number of aromatic nitrogens is 1. The summed E-state index contributed by atoms with van der Waals surface area (Å²) in [5, 5.41) is 4.49. The van der Waals surface area contributed by atoms with E-state index >= 15 is 0 Å². The molecule has 0 bridgehead atoms. The van der Waals surface area contributed by atoms with Crippen LogP contribution in [0.2, 0.25) is 0 Å². The van der Waals surface area contributed by atoms with E-state index in [4.69, 9.17) is 4.74 Å². The maximum Gasteiger partial charge on any atom is 0.434 e. The highest BCUT2D eigenvalue weighted by Crippen LogP contribution is 2.48. The first kappa shape index (κ1) is 29.4. The van der Waals surface area contributed by atoms with Crippen LogP contribution in [0, 0.1) is 0 Å². The maximum absolute atomic E-state index is 14.3. The zero-order valence-corrected chi connectivity index (χ0v) is 23.5. The molecule has 40 heavy (non-hydrogen) atoms. The Bertz CT molecular complexity index is 1340. The number of carbonyl (C=O) groups is 2. The number of amidine groups is 1. The van der Waals surface area contributed by atoms with Crippen LogP contribution in [0.5, 0.6) is 0 Å². The molecule has 0 saturated heterocycles. The number of hydrogen-bond acceptors (Lipinski definition) is 7. The first-order valence-corrected chi connectivity index (χ1v) is 13.9. The normalized spacial score (nSPS) is 17.1. The lowest BCUT2D eigenvalue weighted by atomic mass is 9.91. The van der Waals surface area contributed by atoms with Crippen molar-refractivity contribution in [3.63, 3.8) is 0 Å². The van der Waals surface area contributed by atoms with E-state index in [9.17, 15) is 22.8 Å². The molecule has 1 aromatic heterocycles. The zero-order valence-electron chi connectivity index (χ0n) is 22.7. The van der Waals surface area contributed by atoms with E-state index in [2.05, 4.69) is 15.3 Å². The second-order valence-corrected chi connectivity index (χ2v) is 10.9. The number of pyridine rings is 1. The monoisotopic (exact) mass is 572 g/mol. The van der Waals surface area contributed by atoms with Crippen molar-refractivity contribution in [3.05, 3.63) is 87.9 Å². The smallest absolute Gasteiger partial charge is 0.434 e. The van der Waals surface area contributed by atoms with Gasteiger partial charge in [0.25, 0.3) is 0 Å². The van der Waals surface area contributed by atoms with Crippen LogP contribution < -0.4 is 5.32 Å². The van der Waals surface area contributed by atoms with Gasteiger partial charge in [0, 0.05) is 30.6 Å². The van der Waals surface area contributed by atoms with Gasteiger partial charge in [0.1, 0.15) is 0 Å². The van der Waals surface area contributed by atoms with Crippen molar-refractivity contribution in [2.75, 3.05) is 6.54 Å². The van der Waals surface area contributed by atoms with E-state index in [1.807, 2.05) is 38.1 Å². The van der Waals surface area contributed by atoms with E-state index in [-0.39, 0.29) is 23.4 Å². The summed E-state index contributed by atoms with van der Waals surface area (Å²) in [5.74, 6) is -1.20. The number of hydrogen-bond donors (Lipinski definition) is 1. The maximum atomic E-state index is 14.3. The van der Waals surface area contributed by atoms with E-state index in [1.54, 1.807) is 48.6 Å². The fraction of sp³-hybridized carbons (Fsp3) is 0.379. The van der Waals surface area contributed by atoms with Gasteiger partial charge in [0.15, 0.2) is 10.9 Å². The minimum absolute atomic E-state index is 0.0441. The molecule has 1 amide bonds. The summed E-state index contributed by atoms with van der Waals surface area (Å²) in [6.45, 7) is 7.52. The highest BCUT2D eigenvalue weighted by Gasteiger charge is 2.49. The summed E-state index contributed by atoms with van der Waals surface area (Å²) in [6.07, 6.45) is -3.44. The third-order valence-electron chi connectivity index (χ3n) is 6.33. The van der Waals surface area contributed by atoms with Crippen LogP contribution in [0.1, 0.15) is 62.9 Å². The minimum Gasteiger partial charge on any atom is -0.459 e. The third-order valence-corrected chi connectivity index (χ3v) is 7.22. The number of halogens is 3. The quantitative estimate of drug-likeness (QED) is 0.370. The summed E-state index contributed by atoms with van der Waals surface area (Å²) >= 11 is 0.989. The molecule has 0 aliphatic carbocycles. The number of esters is 1. The number of benzene rings is 1. The number of nitrogens with one attached hydrogen (secondary N) is 1. The first-order chi connectivity index (χ1) is 19.0. The largest absolute Gasteiger partial charge is 0.459 e. The SMILES string of the molecule is CC(C)OC(=O)C1=C(C(F)(F)F)N=C2SC=C(CC(=O)NCCc3ccccn3)N2C1c1ccc(C(C)C)cc1. The molecule has 1 N–H and O–H groups in total. The Morgan fingerprint density at radius 2 is 1.82 bits per heavy atom. The lowest BCUT2D eigenvalue weighted by molar-refractivity contribution is -0.145. The third kappa shape index (κ3) is 6.75. The number of carbonyl (C=O) groups excluding carboxylic acids is 2. The molecule has 11 heteroatoms. The zero-order chi connectivity index (χ0) is 29.0. The molecule has 4 rings (SSSR count). The number of rotatable bonds is 9. The van der Waals surface area contributed by atoms with Crippen LogP contribution in [0.4, 0.5) is 13.2 Å². The van der Waals surface area contributed by atoms with Crippen LogP contribution in [0.15, 0.2) is 76.0 Å². The van der Waals surface area contributed by atoms with Crippen molar-refractivity contribution in [2.45, 2.75) is 64.8 Å². The van der Waals surface area contributed by atoms with Crippen molar-refractivity contribution in [1.82, 2.24) is 15.2 Å². The number of alkyl halides is 3. The van der Waals surface area contributed by atoms with Gasteiger partial charge in [-0.25, -0.2) is 9.79 Å². The predicted octanol–water partition coefficient (Wildman–Crippen LogP) is 6.02. The summed E-state index contributed by atoms with van der Waals surface area (Å²) < 4.78 is 48.2. The molecule has 212 valence electrons. The van der Waals surface area contributed by atoms with Gasteiger partial charge in [-0.05, 0) is 48.4 Å². The average Bonchev–Trinajstić information content (AvgIpc) is 3.29. The Morgan fingerprint density at radius 1 is 1.10 bits per heavy atom. The fourth-order valence-corrected chi connectivity index (χ4v) is 5.36. The van der Waals surface area contributed by atoms with E-state index in [0.29, 0.717) is 24.2 Å². The lowest BCUT2D eigenvalue weighted by Crippen LogP contribution is -2.40. The van der Waals surface area contributed by atoms with Gasteiger partial charge in [-0.15, -0.1) is 0 Å². The summed E-state index contributed by atoms with van der Waals surface area (Å²) in [7, 11) is 0. The van der Waals surface area contributed by atoms with E-state index < -0.39 is 35.6 Å².